The zero-order valence-corrected chi connectivity index (χ0v) is 28.1. The van der Waals surface area contributed by atoms with E-state index >= 15 is 0 Å². The van der Waals surface area contributed by atoms with Crippen LogP contribution in [0.15, 0.2) is 33.9 Å². The average molecular weight is 733 g/mol. The lowest BCUT2D eigenvalue weighted by atomic mass is 9.89. The Labute approximate surface area is 275 Å². The lowest BCUT2D eigenvalue weighted by Gasteiger charge is -2.21. The molecule has 2 aromatic heterocycles. The van der Waals surface area contributed by atoms with Crippen LogP contribution in [0.1, 0.15) is 79.2 Å². The molecular formula is C30H31BrClF4N5O5. The summed E-state index contributed by atoms with van der Waals surface area (Å²) >= 11 is 8.67. The summed E-state index contributed by atoms with van der Waals surface area (Å²) in [6.07, 6.45) is -2.84. The molecule has 1 amide bonds. The number of carbonyl (C=O) groups excluding carboxylic acids is 2. The highest BCUT2D eigenvalue weighted by Gasteiger charge is 2.43. The number of rotatable bonds is 7. The van der Waals surface area contributed by atoms with E-state index in [9.17, 15) is 37.1 Å². The summed E-state index contributed by atoms with van der Waals surface area (Å²) in [6, 6.07) is 3.43. The van der Waals surface area contributed by atoms with Crippen molar-refractivity contribution in [2.75, 3.05) is 0 Å². The molecule has 0 saturated carbocycles. The van der Waals surface area contributed by atoms with Crippen LogP contribution in [0.5, 0.6) is 0 Å². The molecule has 10 nitrogen and oxygen atoms in total. The van der Waals surface area contributed by atoms with Crippen LogP contribution in [0.4, 0.5) is 17.6 Å². The molecule has 2 N–H and O–H groups in total. The summed E-state index contributed by atoms with van der Waals surface area (Å²) in [5, 5.41) is 15.5. The van der Waals surface area contributed by atoms with Gasteiger partial charge in [0.25, 0.3) is 5.91 Å². The number of aromatic nitrogens is 3. The van der Waals surface area contributed by atoms with Crippen LogP contribution in [0.3, 0.4) is 0 Å². The predicted octanol–water partition coefficient (Wildman–Crippen LogP) is 6.86. The first-order valence-corrected chi connectivity index (χ1v) is 15.0. The number of nitrogens with one attached hydrogen (secondary N) is 1. The van der Waals surface area contributed by atoms with E-state index in [1.165, 1.54) is 0 Å². The molecule has 0 radical (unpaired) electrons. The first kappa shape index (κ1) is 36.6. The average Bonchev–Trinajstić information content (AvgIpc) is 3.42. The Kier molecular flexibility index (Phi) is 11.0. The number of benzene rings is 1. The summed E-state index contributed by atoms with van der Waals surface area (Å²) in [5.74, 6) is -2.81. The molecule has 46 heavy (non-hydrogen) atoms. The van der Waals surface area contributed by atoms with Crippen molar-refractivity contribution >= 4 is 51.2 Å². The van der Waals surface area contributed by atoms with Gasteiger partial charge >= 0.3 is 18.1 Å². The lowest BCUT2D eigenvalue weighted by molar-refractivity contribution is -0.144. The highest BCUT2D eigenvalue weighted by atomic mass is 79.9. The monoisotopic (exact) mass is 731 g/mol. The quantitative estimate of drug-likeness (QED) is 0.200. The molecule has 0 saturated heterocycles. The number of ether oxygens (including phenoxy) is 1. The van der Waals surface area contributed by atoms with Crippen molar-refractivity contribution in [3.8, 4) is 11.3 Å². The zero-order valence-electron chi connectivity index (χ0n) is 25.8. The molecule has 4 rings (SSSR count). The second-order valence-electron chi connectivity index (χ2n) is 11.0. The van der Waals surface area contributed by atoms with Gasteiger partial charge in [0.05, 0.1) is 26.7 Å². The third-order valence-electron chi connectivity index (χ3n) is 7.10. The predicted molar refractivity (Wildman–Crippen MR) is 165 cm³/mol. The van der Waals surface area contributed by atoms with E-state index in [0.717, 1.165) is 24.7 Å². The molecular weight excluding hydrogens is 702 g/mol. The molecule has 16 heteroatoms. The van der Waals surface area contributed by atoms with Crippen LogP contribution in [0, 0.1) is 11.7 Å². The molecule has 1 unspecified atom stereocenters. The van der Waals surface area contributed by atoms with Crippen LogP contribution in [-0.2, 0) is 29.2 Å². The Balaban J connectivity index is 0.000000254. The van der Waals surface area contributed by atoms with Crippen LogP contribution in [0.25, 0.3) is 11.3 Å². The maximum atomic E-state index is 14.3. The van der Waals surface area contributed by atoms with Gasteiger partial charge in [0.1, 0.15) is 22.7 Å². The minimum absolute atomic E-state index is 0.00167. The number of nitrogens with zero attached hydrogens (tertiary/aromatic N) is 4. The second-order valence-corrected chi connectivity index (χ2v) is 12.2. The maximum absolute atomic E-state index is 14.3. The highest BCUT2D eigenvalue weighted by Crippen LogP contribution is 2.41. The van der Waals surface area contributed by atoms with Crippen molar-refractivity contribution in [3.05, 3.63) is 67.8 Å². The molecule has 3 heterocycles. The van der Waals surface area contributed by atoms with Gasteiger partial charge < -0.3 is 15.2 Å². The van der Waals surface area contributed by atoms with Crippen LogP contribution >= 0.6 is 27.5 Å². The highest BCUT2D eigenvalue weighted by molar-refractivity contribution is 9.10. The number of aliphatic imine (C=N–C) groups is 1. The van der Waals surface area contributed by atoms with Crippen LogP contribution in [-0.4, -0.2) is 55.2 Å². The molecule has 1 atom stereocenters. The van der Waals surface area contributed by atoms with Gasteiger partial charge in [0.2, 0.25) is 0 Å². The van der Waals surface area contributed by atoms with E-state index in [0.29, 0.717) is 11.1 Å². The molecule has 0 aliphatic carbocycles. The second kappa shape index (κ2) is 13.9. The van der Waals surface area contributed by atoms with Gasteiger partial charge in [-0.05, 0) is 72.8 Å². The first-order chi connectivity index (χ1) is 21.2. The number of carbonyl (C=O) groups is 3. The molecule has 1 aliphatic heterocycles. The summed E-state index contributed by atoms with van der Waals surface area (Å²) in [4.78, 5) is 44.2. The lowest BCUT2D eigenvalue weighted by Crippen LogP contribution is -2.41. The van der Waals surface area contributed by atoms with E-state index in [-0.39, 0.29) is 50.8 Å². The molecule has 1 aromatic carbocycles. The molecule has 0 bridgehead atoms. The zero-order chi connectivity index (χ0) is 34.9. The fourth-order valence-electron chi connectivity index (χ4n) is 4.24. The Morgan fingerprint density at radius 2 is 1.78 bits per heavy atom. The topological polar surface area (TPSA) is 136 Å². The first-order valence-electron chi connectivity index (χ1n) is 13.9. The van der Waals surface area contributed by atoms with E-state index in [2.05, 4.69) is 36.3 Å². The minimum atomic E-state index is -4.69. The van der Waals surface area contributed by atoms with Crippen LogP contribution in [0.2, 0.25) is 5.02 Å². The SMILES string of the molecule is CC(C)OC(=O)c1cc(-c2nn(C)c(C(F)(F)F)c2Br)c(F)cc1Cl.CCc1cnc(C2=NC(C)(C(C)C)C(=O)N2)c(C(=O)O)c1. The number of amides is 1. The number of aromatic carboxylic acids is 1. The Hall–Kier alpha value is -3.85. The standard InChI is InChI=1S/C15H12BrClF4N2O2.C15H19N3O3/c1-6(2)25-14(24)7-4-8(10(18)5-9(7)17)12-11(16)13(15(19,20)21)23(3)22-12;1-5-9-6-10(13(19)20)11(16-7-9)12-17-14(21)15(4,18-12)8(2)3/h4-6H,1-3H3;6-8H,5H2,1-4H3,(H,19,20)(H,17,18,21). The molecule has 0 fully saturated rings. The molecule has 3 aromatic rings. The molecule has 1 aliphatic rings. The summed E-state index contributed by atoms with van der Waals surface area (Å²) < 4.78 is 58.6. The number of esters is 1. The number of hydrogen-bond acceptors (Lipinski definition) is 7. The van der Waals surface area contributed by atoms with Crippen molar-refractivity contribution in [1.29, 1.82) is 0 Å². The maximum Gasteiger partial charge on any atom is 0.434 e. The van der Waals surface area contributed by atoms with Gasteiger partial charge in [-0.3, -0.25) is 14.5 Å². The minimum Gasteiger partial charge on any atom is -0.478 e. The van der Waals surface area contributed by atoms with Crippen molar-refractivity contribution < 1.29 is 41.8 Å². The van der Waals surface area contributed by atoms with E-state index in [1.807, 2.05) is 20.8 Å². The third-order valence-corrected chi connectivity index (χ3v) is 8.16. The summed E-state index contributed by atoms with van der Waals surface area (Å²) in [6.45, 7) is 10.7. The van der Waals surface area contributed by atoms with Gasteiger partial charge in [0, 0.05) is 18.8 Å². The number of alkyl halides is 3. The number of halogens is 6. The van der Waals surface area contributed by atoms with Crippen molar-refractivity contribution in [2.45, 2.75) is 65.8 Å². The fraction of sp³-hybridized carbons (Fsp3) is 0.400. The number of carboxylic acids is 1. The smallest absolute Gasteiger partial charge is 0.434 e. The molecule has 0 spiro atoms. The number of pyridine rings is 1. The van der Waals surface area contributed by atoms with E-state index in [1.54, 1.807) is 33.0 Å². The van der Waals surface area contributed by atoms with Gasteiger partial charge in [-0.2, -0.15) is 18.3 Å². The Bertz CT molecular complexity index is 1720. The largest absolute Gasteiger partial charge is 0.478 e. The van der Waals surface area contributed by atoms with Gasteiger partial charge in [0.15, 0.2) is 11.5 Å². The van der Waals surface area contributed by atoms with Gasteiger partial charge in [-0.1, -0.05) is 32.4 Å². The fourth-order valence-corrected chi connectivity index (χ4v) is 5.25. The van der Waals surface area contributed by atoms with E-state index in [4.69, 9.17) is 16.3 Å². The molecule has 248 valence electrons. The Morgan fingerprint density at radius 3 is 2.26 bits per heavy atom. The number of amidine groups is 1. The number of aryl methyl sites for hydroxylation is 2. The Morgan fingerprint density at radius 1 is 1.15 bits per heavy atom. The third kappa shape index (κ3) is 7.57. The van der Waals surface area contributed by atoms with Crippen molar-refractivity contribution in [2.24, 2.45) is 18.0 Å². The summed E-state index contributed by atoms with van der Waals surface area (Å²) in [7, 11) is 1.08. The van der Waals surface area contributed by atoms with Crippen molar-refractivity contribution in [3.63, 3.8) is 0 Å². The van der Waals surface area contributed by atoms with Gasteiger partial charge in [-0.25, -0.2) is 19.0 Å². The van der Waals surface area contributed by atoms with Gasteiger partial charge in [-0.15, -0.1) is 0 Å². The normalized spacial score (nSPS) is 16.2. The van der Waals surface area contributed by atoms with E-state index < -0.39 is 45.7 Å². The number of carboxylic acid groups (broad SMARTS) is 1. The number of hydrogen-bond donors (Lipinski definition) is 2. The van der Waals surface area contributed by atoms with Crippen molar-refractivity contribution in [1.82, 2.24) is 20.1 Å². The van der Waals surface area contributed by atoms with Crippen LogP contribution < -0.4 is 5.32 Å². The summed E-state index contributed by atoms with van der Waals surface area (Å²) in [5.41, 5.74) is -1.66.